The van der Waals surface area contributed by atoms with Crippen LogP contribution in [0.5, 0.6) is 11.5 Å². The third-order valence-electron chi connectivity index (χ3n) is 3.20. The molecule has 2 rings (SSSR count). The zero-order chi connectivity index (χ0) is 10.9. The van der Waals surface area contributed by atoms with Crippen molar-refractivity contribution in [3.05, 3.63) is 23.8 Å². The first-order chi connectivity index (χ1) is 7.19. The summed E-state index contributed by atoms with van der Waals surface area (Å²) in [6.07, 6.45) is 3.23. The number of rotatable bonds is 4. The van der Waals surface area contributed by atoms with Gasteiger partial charge in [0.1, 0.15) is 11.5 Å². The summed E-state index contributed by atoms with van der Waals surface area (Å²) in [5.74, 6) is 1.16. The fourth-order valence-electron chi connectivity index (χ4n) is 1.86. The van der Waals surface area contributed by atoms with E-state index < -0.39 is 0 Å². The molecule has 0 atom stereocenters. The Balaban J connectivity index is 2.19. The molecule has 1 fully saturated rings. The molecule has 3 nitrogen and oxygen atoms in total. The van der Waals surface area contributed by atoms with E-state index in [1.165, 1.54) is 12.8 Å². The highest BCUT2D eigenvalue weighted by Gasteiger charge is 2.41. The predicted molar refractivity (Wildman–Crippen MR) is 59.4 cm³/mol. The highest BCUT2D eigenvalue weighted by Crippen LogP contribution is 2.40. The average Bonchev–Trinajstić information content (AvgIpc) is 3.02. The first kappa shape index (κ1) is 10.3. The summed E-state index contributed by atoms with van der Waals surface area (Å²) in [7, 11) is 3.62. The van der Waals surface area contributed by atoms with Gasteiger partial charge < -0.3 is 15.2 Å². The normalized spacial score (nSPS) is 17.5. The first-order valence-corrected chi connectivity index (χ1v) is 5.24. The Hall–Kier alpha value is -1.22. The summed E-state index contributed by atoms with van der Waals surface area (Å²) in [6.45, 7) is 0. The van der Waals surface area contributed by atoms with E-state index in [1.54, 1.807) is 19.2 Å². The molecule has 1 aliphatic carbocycles. The van der Waals surface area contributed by atoms with Gasteiger partial charge in [0.05, 0.1) is 7.11 Å². The summed E-state index contributed by atoms with van der Waals surface area (Å²) in [5, 5.41) is 13.0. The standard InChI is InChI=1S/C12H17NO2/c1-13-12(5-6-12)8-9-7-10(15-2)3-4-11(9)14/h3-4,7,13-14H,5-6,8H2,1-2H3. The molecule has 0 saturated heterocycles. The molecule has 0 heterocycles. The van der Waals surface area contributed by atoms with E-state index in [2.05, 4.69) is 5.32 Å². The number of phenols is 1. The zero-order valence-electron chi connectivity index (χ0n) is 9.21. The van der Waals surface area contributed by atoms with Crippen LogP contribution < -0.4 is 10.1 Å². The second-order valence-electron chi connectivity index (χ2n) is 4.20. The van der Waals surface area contributed by atoms with Gasteiger partial charge in [0.25, 0.3) is 0 Å². The van der Waals surface area contributed by atoms with Crippen molar-refractivity contribution in [3.63, 3.8) is 0 Å². The van der Waals surface area contributed by atoms with Gasteiger partial charge in [-0.05, 0) is 50.1 Å². The number of phenolic OH excluding ortho intramolecular Hbond substituents is 1. The smallest absolute Gasteiger partial charge is 0.119 e. The van der Waals surface area contributed by atoms with Gasteiger partial charge in [-0.2, -0.15) is 0 Å². The van der Waals surface area contributed by atoms with Crippen LogP contribution in [0.4, 0.5) is 0 Å². The Morgan fingerprint density at radius 2 is 2.20 bits per heavy atom. The van der Waals surface area contributed by atoms with Crippen LogP contribution in [-0.2, 0) is 6.42 Å². The number of hydrogen-bond donors (Lipinski definition) is 2. The molecule has 0 spiro atoms. The number of methoxy groups -OCH3 is 1. The monoisotopic (exact) mass is 207 g/mol. The average molecular weight is 207 g/mol. The van der Waals surface area contributed by atoms with Crippen LogP contribution >= 0.6 is 0 Å². The summed E-state index contributed by atoms with van der Waals surface area (Å²) in [6, 6.07) is 5.38. The Labute approximate surface area is 90.1 Å². The molecule has 0 radical (unpaired) electrons. The van der Waals surface area contributed by atoms with Gasteiger partial charge in [-0.3, -0.25) is 0 Å². The second kappa shape index (κ2) is 3.74. The van der Waals surface area contributed by atoms with Gasteiger partial charge in [0, 0.05) is 5.54 Å². The first-order valence-electron chi connectivity index (χ1n) is 5.24. The quantitative estimate of drug-likeness (QED) is 0.789. The SMILES string of the molecule is CNC1(Cc2cc(OC)ccc2O)CC1. The maximum absolute atomic E-state index is 9.73. The van der Waals surface area contributed by atoms with E-state index in [1.807, 2.05) is 13.1 Å². The van der Waals surface area contributed by atoms with Gasteiger partial charge >= 0.3 is 0 Å². The molecule has 0 unspecified atom stereocenters. The molecule has 0 bridgehead atoms. The third kappa shape index (κ3) is 2.07. The van der Waals surface area contributed by atoms with E-state index in [0.29, 0.717) is 5.75 Å². The molecular formula is C12H17NO2. The van der Waals surface area contributed by atoms with E-state index in [0.717, 1.165) is 17.7 Å². The molecule has 1 aliphatic rings. The van der Waals surface area contributed by atoms with Crippen LogP contribution in [0.2, 0.25) is 0 Å². The number of aromatic hydroxyl groups is 1. The van der Waals surface area contributed by atoms with Crippen LogP contribution in [0.1, 0.15) is 18.4 Å². The van der Waals surface area contributed by atoms with Gasteiger partial charge in [0.15, 0.2) is 0 Å². The maximum atomic E-state index is 9.73. The minimum absolute atomic E-state index is 0.212. The minimum atomic E-state index is 0.212. The van der Waals surface area contributed by atoms with E-state index in [4.69, 9.17) is 4.74 Å². The lowest BCUT2D eigenvalue weighted by Gasteiger charge is -2.15. The number of benzene rings is 1. The highest BCUT2D eigenvalue weighted by atomic mass is 16.5. The van der Waals surface area contributed by atoms with Gasteiger partial charge in [-0.1, -0.05) is 0 Å². The van der Waals surface area contributed by atoms with E-state index in [-0.39, 0.29) is 5.54 Å². The van der Waals surface area contributed by atoms with Crippen molar-refractivity contribution >= 4 is 0 Å². The molecule has 0 aliphatic heterocycles. The van der Waals surface area contributed by atoms with Crippen molar-refractivity contribution in [1.29, 1.82) is 0 Å². The van der Waals surface area contributed by atoms with Crippen LogP contribution in [-0.4, -0.2) is 24.8 Å². The summed E-state index contributed by atoms with van der Waals surface area (Å²) < 4.78 is 5.15. The topological polar surface area (TPSA) is 41.5 Å². The molecule has 0 aromatic heterocycles. The molecule has 1 aromatic rings. The molecule has 15 heavy (non-hydrogen) atoms. The van der Waals surface area contributed by atoms with Crippen LogP contribution in [0.25, 0.3) is 0 Å². The number of nitrogens with one attached hydrogen (secondary N) is 1. The Bertz CT molecular complexity index is 359. The second-order valence-corrected chi connectivity index (χ2v) is 4.20. The Kier molecular flexibility index (Phi) is 2.57. The number of likely N-dealkylation sites (N-methyl/N-ethyl adjacent to an activating group) is 1. The summed E-state index contributed by atoms with van der Waals surface area (Å²) >= 11 is 0. The van der Waals surface area contributed by atoms with Gasteiger partial charge in [-0.15, -0.1) is 0 Å². The lowest BCUT2D eigenvalue weighted by molar-refractivity contribution is 0.409. The molecule has 82 valence electrons. The van der Waals surface area contributed by atoms with Crippen molar-refractivity contribution in [3.8, 4) is 11.5 Å². The summed E-state index contributed by atoms with van der Waals surface area (Å²) in [5.41, 5.74) is 1.17. The fourth-order valence-corrected chi connectivity index (χ4v) is 1.86. The lowest BCUT2D eigenvalue weighted by Crippen LogP contribution is -2.29. The highest BCUT2D eigenvalue weighted by molar-refractivity contribution is 5.41. The maximum Gasteiger partial charge on any atom is 0.119 e. The number of ether oxygens (including phenoxy) is 1. The van der Waals surface area contributed by atoms with E-state index in [9.17, 15) is 5.11 Å². The van der Waals surface area contributed by atoms with Gasteiger partial charge in [0.2, 0.25) is 0 Å². The van der Waals surface area contributed by atoms with Crippen molar-refractivity contribution in [2.24, 2.45) is 0 Å². The molecular weight excluding hydrogens is 190 g/mol. The molecule has 1 saturated carbocycles. The van der Waals surface area contributed by atoms with Gasteiger partial charge in [-0.25, -0.2) is 0 Å². The van der Waals surface area contributed by atoms with Crippen molar-refractivity contribution in [2.75, 3.05) is 14.2 Å². The zero-order valence-corrected chi connectivity index (χ0v) is 9.21. The molecule has 0 amide bonds. The minimum Gasteiger partial charge on any atom is -0.508 e. The molecule has 2 N–H and O–H groups in total. The summed E-state index contributed by atoms with van der Waals surface area (Å²) in [4.78, 5) is 0. The Morgan fingerprint density at radius 3 is 2.73 bits per heavy atom. The molecule has 1 aromatic carbocycles. The van der Waals surface area contributed by atoms with Crippen molar-refractivity contribution in [2.45, 2.75) is 24.8 Å². The van der Waals surface area contributed by atoms with E-state index >= 15 is 0 Å². The third-order valence-corrected chi connectivity index (χ3v) is 3.20. The fraction of sp³-hybridized carbons (Fsp3) is 0.500. The van der Waals surface area contributed by atoms with Crippen LogP contribution in [0.15, 0.2) is 18.2 Å². The predicted octanol–water partition coefficient (Wildman–Crippen LogP) is 1.70. The van der Waals surface area contributed by atoms with Crippen molar-refractivity contribution in [1.82, 2.24) is 5.32 Å². The van der Waals surface area contributed by atoms with Crippen molar-refractivity contribution < 1.29 is 9.84 Å². The van der Waals surface area contributed by atoms with Crippen LogP contribution in [0.3, 0.4) is 0 Å². The molecule has 3 heteroatoms. The Morgan fingerprint density at radius 1 is 1.47 bits per heavy atom. The lowest BCUT2D eigenvalue weighted by atomic mass is 10.0. The largest absolute Gasteiger partial charge is 0.508 e. The van der Waals surface area contributed by atoms with Crippen LogP contribution in [0, 0.1) is 0 Å². The number of hydrogen-bond acceptors (Lipinski definition) is 3.